The van der Waals surface area contributed by atoms with Crippen LogP contribution < -0.4 is 4.74 Å². The van der Waals surface area contributed by atoms with Crippen LogP contribution in [-0.4, -0.2) is 16.5 Å². The lowest BCUT2D eigenvalue weighted by atomic mass is 9.85. The molecule has 1 aliphatic heterocycles. The molecule has 98 valence electrons. The van der Waals surface area contributed by atoms with Gasteiger partial charge in [-0.2, -0.15) is 0 Å². The molecule has 1 aliphatic rings. The molecule has 0 spiro atoms. The van der Waals surface area contributed by atoms with Crippen molar-refractivity contribution in [2.45, 2.75) is 25.2 Å². The SMILES string of the molecule is OCc1ccc2c(c1)C(c1ccccc1)C[C@H](O)O2. The molecule has 2 N–H and O–H groups in total. The highest BCUT2D eigenvalue weighted by molar-refractivity contribution is 5.45. The summed E-state index contributed by atoms with van der Waals surface area (Å²) in [5, 5.41) is 19.1. The third kappa shape index (κ3) is 2.35. The van der Waals surface area contributed by atoms with E-state index < -0.39 is 6.29 Å². The number of benzene rings is 2. The Balaban J connectivity index is 2.07. The summed E-state index contributed by atoms with van der Waals surface area (Å²) in [6.45, 7) is 0.0113. The fourth-order valence-corrected chi connectivity index (χ4v) is 2.60. The summed E-state index contributed by atoms with van der Waals surface area (Å²) in [7, 11) is 0. The van der Waals surface area contributed by atoms with Gasteiger partial charge < -0.3 is 14.9 Å². The van der Waals surface area contributed by atoms with Crippen molar-refractivity contribution in [1.29, 1.82) is 0 Å². The van der Waals surface area contributed by atoms with Gasteiger partial charge in [0.05, 0.1) is 6.61 Å². The Labute approximate surface area is 112 Å². The summed E-state index contributed by atoms with van der Waals surface area (Å²) >= 11 is 0. The third-order valence-electron chi connectivity index (χ3n) is 3.53. The zero-order valence-corrected chi connectivity index (χ0v) is 10.5. The molecular formula is C16H16O3. The maximum absolute atomic E-state index is 9.84. The van der Waals surface area contributed by atoms with E-state index >= 15 is 0 Å². The van der Waals surface area contributed by atoms with E-state index in [4.69, 9.17) is 4.74 Å². The van der Waals surface area contributed by atoms with Gasteiger partial charge in [0.25, 0.3) is 0 Å². The van der Waals surface area contributed by atoms with Crippen molar-refractivity contribution < 1.29 is 14.9 Å². The zero-order chi connectivity index (χ0) is 13.2. The molecule has 3 nitrogen and oxygen atoms in total. The molecule has 0 aromatic heterocycles. The van der Waals surface area contributed by atoms with Crippen molar-refractivity contribution in [2.75, 3.05) is 0 Å². The maximum atomic E-state index is 9.84. The number of hydrogen-bond acceptors (Lipinski definition) is 3. The van der Waals surface area contributed by atoms with Gasteiger partial charge in [-0.05, 0) is 23.3 Å². The number of aliphatic hydroxyl groups excluding tert-OH is 2. The average Bonchev–Trinajstić information content (AvgIpc) is 2.47. The summed E-state index contributed by atoms with van der Waals surface area (Å²) in [5.74, 6) is 0.802. The molecular weight excluding hydrogens is 240 g/mol. The Hall–Kier alpha value is -1.84. The second kappa shape index (κ2) is 5.03. The molecule has 0 aliphatic carbocycles. The average molecular weight is 256 g/mol. The number of ether oxygens (including phenoxy) is 1. The Kier molecular flexibility index (Phi) is 3.23. The molecule has 1 heterocycles. The zero-order valence-electron chi connectivity index (χ0n) is 10.5. The highest BCUT2D eigenvalue weighted by atomic mass is 16.6. The summed E-state index contributed by atoms with van der Waals surface area (Å²) in [4.78, 5) is 0. The van der Waals surface area contributed by atoms with Gasteiger partial charge in [0.15, 0.2) is 6.29 Å². The van der Waals surface area contributed by atoms with Crippen molar-refractivity contribution in [3.63, 3.8) is 0 Å². The maximum Gasteiger partial charge on any atom is 0.198 e. The van der Waals surface area contributed by atoms with E-state index in [1.54, 1.807) is 0 Å². The van der Waals surface area contributed by atoms with Crippen molar-refractivity contribution in [3.05, 3.63) is 65.2 Å². The first-order valence-corrected chi connectivity index (χ1v) is 6.41. The second-order valence-corrected chi connectivity index (χ2v) is 4.80. The smallest absolute Gasteiger partial charge is 0.198 e. The van der Waals surface area contributed by atoms with E-state index in [0.29, 0.717) is 12.2 Å². The fourth-order valence-electron chi connectivity index (χ4n) is 2.60. The van der Waals surface area contributed by atoms with E-state index in [9.17, 15) is 10.2 Å². The van der Waals surface area contributed by atoms with Crippen LogP contribution in [0.5, 0.6) is 5.75 Å². The summed E-state index contributed by atoms with van der Waals surface area (Å²) < 4.78 is 5.46. The minimum Gasteiger partial charge on any atom is -0.465 e. The van der Waals surface area contributed by atoms with Crippen LogP contribution in [0.1, 0.15) is 29.0 Å². The normalized spacial score (nSPS) is 21.6. The molecule has 0 saturated heterocycles. The molecule has 0 radical (unpaired) electrons. The van der Waals surface area contributed by atoms with Gasteiger partial charge >= 0.3 is 0 Å². The monoisotopic (exact) mass is 256 g/mol. The molecule has 0 fully saturated rings. The quantitative estimate of drug-likeness (QED) is 0.867. The van der Waals surface area contributed by atoms with Gasteiger partial charge in [-0.25, -0.2) is 0 Å². The molecule has 2 aromatic carbocycles. The van der Waals surface area contributed by atoms with E-state index in [1.165, 1.54) is 0 Å². The Morgan fingerprint density at radius 3 is 2.63 bits per heavy atom. The molecule has 1 unspecified atom stereocenters. The number of rotatable bonds is 2. The van der Waals surface area contributed by atoms with Gasteiger partial charge in [-0.15, -0.1) is 0 Å². The minimum atomic E-state index is -0.780. The van der Waals surface area contributed by atoms with Crippen molar-refractivity contribution >= 4 is 0 Å². The number of fused-ring (bicyclic) bond motifs is 1. The second-order valence-electron chi connectivity index (χ2n) is 4.80. The number of hydrogen-bond donors (Lipinski definition) is 2. The van der Waals surface area contributed by atoms with Crippen LogP contribution in [0.3, 0.4) is 0 Å². The molecule has 3 rings (SSSR count). The van der Waals surface area contributed by atoms with Gasteiger partial charge in [0.1, 0.15) is 5.75 Å². The molecule has 0 amide bonds. The summed E-state index contributed by atoms with van der Waals surface area (Å²) in [6, 6.07) is 15.7. The Morgan fingerprint density at radius 2 is 1.89 bits per heavy atom. The van der Waals surface area contributed by atoms with Crippen molar-refractivity contribution in [3.8, 4) is 5.75 Å². The minimum absolute atomic E-state index is 0.0113. The molecule has 19 heavy (non-hydrogen) atoms. The first-order valence-electron chi connectivity index (χ1n) is 6.41. The van der Waals surface area contributed by atoms with Crippen LogP contribution in [0.4, 0.5) is 0 Å². The lowest BCUT2D eigenvalue weighted by Crippen LogP contribution is -2.25. The van der Waals surface area contributed by atoms with E-state index in [0.717, 1.165) is 16.7 Å². The van der Waals surface area contributed by atoms with Crippen LogP contribution in [0.25, 0.3) is 0 Å². The molecule has 0 saturated carbocycles. The molecule has 2 aromatic rings. The van der Waals surface area contributed by atoms with Crippen LogP contribution in [0.15, 0.2) is 48.5 Å². The van der Waals surface area contributed by atoms with Crippen LogP contribution in [0, 0.1) is 0 Å². The molecule has 0 bridgehead atoms. The highest BCUT2D eigenvalue weighted by Crippen LogP contribution is 2.40. The fraction of sp³-hybridized carbons (Fsp3) is 0.250. The first kappa shape index (κ1) is 12.2. The Morgan fingerprint density at radius 1 is 1.11 bits per heavy atom. The van der Waals surface area contributed by atoms with Crippen LogP contribution in [0.2, 0.25) is 0 Å². The topological polar surface area (TPSA) is 49.7 Å². The predicted octanol–water partition coefficient (Wildman–Crippen LogP) is 2.41. The van der Waals surface area contributed by atoms with E-state index in [1.807, 2.05) is 36.4 Å². The lowest BCUT2D eigenvalue weighted by molar-refractivity contribution is -0.0359. The lowest BCUT2D eigenvalue weighted by Gasteiger charge is -2.30. The largest absolute Gasteiger partial charge is 0.465 e. The Bertz CT molecular complexity index is 565. The highest BCUT2D eigenvalue weighted by Gasteiger charge is 2.28. The van der Waals surface area contributed by atoms with Gasteiger partial charge in [-0.3, -0.25) is 0 Å². The van der Waals surface area contributed by atoms with Crippen molar-refractivity contribution in [1.82, 2.24) is 0 Å². The molecule has 3 heteroatoms. The van der Waals surface area contributed by atoms with Gasteiger partial charge in [0.2, 0.25) is 0 Å². The molecule has 2 atom stereocenters. The van der Waals surface area contributed by atoms with Crippen LogP contribution in [-0.2, 0) is 6.61 Å². The van der Waals surface area contributed by atoms with Gasteiger partial charge in [-0.1, -0.05) is 36.4 Å². The predicted molar refractivity (Wildman–Crippen MR) is 71.9 cm³/mol. The summed E-state index contributed by atoms with van der Waals surface area (Å²) in [6.07, 6.45) is -0.246. The first-order chi connectivity index (χ1) is 9.28. The van der Waals surface area contributed by atoms with Gasteiger partial charge in [0, 0.05) is 17.9 Å². The van der Waals surface area contributed by atoms with Crippen molar-refractivity contribution in [2.24, 2.45) is 0 Å². The number of aliphatic hydroxyl groups is 2. The van der Waals surface area contributed by atoms with E-state index in [2.05, 4.69) is 12.1 Å². The summed E-state index contributed by atoms with van der Waals surface area (Å²) in [5.41, 5.74) is 3.05. The standard InChI is InChI=1S/C16H16O3/c17-10-11-6-7-15-14(8-11)13(9-16(18)19-15)12-4-2-1-3-5-12/h1-8,13,16-18H,9-10H2/t13?,16-/m1/s1. The van der Waals surface area contributed by atoms with E-state index in [-0.39, 0.29) is 12.5 Å². The third-order valence-corrected chi connectivity index (χ3v) is 3.53. The van der Waals surface area contributed by atoms with Crippen LogP contribution >= 0.6 is 0 Å².